The number of aromatic nitrogens is 3. The van der Waals surface area contributed by atoms with Crippen molar-refractivity contribution in [3.05, 3.63) is 53.9 Å². The van der Waals surface area contributed by atoms with E-state index in [2.05, 4.69) is 39.2 Å². The Labute approximate surface area is 134 Å². The van der Waals surface area contributed by atoms with Gasteiger partial charge in [-0.15, -0.1) is 0 Å². The third-order valence-corrected chi connectivity index (χ3v) is 4.21. The number of ether oxygens (including phenoxy) is 2. The monoisotopic (exact) mass is 307 g/mol. The number of fused-ring (bicyclic) bond motifs is 2. The number of methoxy groups -OCH3 is 1. The van der Waals surface area contributed by atoms with E-state index in [0.29, 0.717) is 17.4 Å². The maximum Gasteiger partial charge on any atom is 0.226 e. The van der Waals surface area contributed by atoms with Gasteiger partial charge in [-0.05, 0) is 36.5 Å². The maximum absolute atomic E-state index is 6.24. The Kier molecular flexibility index (Phi) is 3.54. The van der Waals surface area contributed by atoms with Gasteiger partial charge in [0.25, 0.3) is 0 Å². The number of hydrogen-bond acceptors (Lipinski definition) is 5. The predicted molar refractivity (Wildman–Crippen MR) is 86.6 cm³/mol. The number of hydrogen-bond donors (Lipinski definition) is 0. The minimum Gasteiger partial charge on any atom is -0.481 e. The van der Waals surface area contributed by atoms with Crippen molar-refractivity contribution in [3.8, 4) is 11.8 Å². The van der Waals surface area contributed by atoms with Crippen LogP contribution < -0.4 is 9.47 Å². The molecule has 0 N–H and O–H groups in total. The minimum atomic E-state index is 0.0279. The predicted octanol–water partition coefficient (Wildman–Crippen LogP) is 3.49. The van der Waals surface area contributed by atoms with Crippen LogP contribution in [0.1, 0.15) is 30.1 Å². The Bertz CT molecular complexity index is 851. The quantitative estimate of drug-likeness (QED) is 0.741. The molecule has 1 aliphatic carbocycles. The van der Waals surface area contributed by atoms with E-state index in [1.165, 1.54) is 17.5 Å². The summed E-state index contributed by atoms with van der Waals surface area (Å²) in [6, 6.07) is 12.2. The fraction of sp³-hybridized carbons (Fsp3) is 0.278. The molecule has 2 aromatic heterocycles. The van der Waals surface area contributed by atoms with E-state index >= 15 is 0 Å². The third kappa shape index (κ3) is 2.59. The van der Waals surface area contributed by atoms with E-state index in [1.807, 2.05) is 6.07 Å². The van der Waals surface area contributed by atoms with Crippen LogP contribution in [0.25, 0.3) is 11.0 Å². The first-order valence-electron chi connectivity index (χ1n) is 7.75. The van der Waals surface area contributed by atoms with Crippen LogP contribution in [0.4, 0.5) is 0 Å². The highest BCUT2D eigenvalue weighted by molar-refractivity contribution is 5.80. The van der Waals surface area contributed by atoms with Gasteiger partial charge in [0.2, 0.25) is 11.8 Å². The summed E-state index contributed by atoms with van der Waals surface area (Å²) in [5.41, 5.74) is 3.20. The van der Waals surface area contributed by atoms with Gasteiger partial charge in [0.05, 0.1) is 12.5 Å². The van der Waals surface area contributed by atoms with Crippen LogP contribution in [0.15, 0.2) is 42.7 Å². The summed E-state index contributed by atoms with van der Waals surface area (Å²) >= 11 is 0. The van der Waals surface area contributed by atoms with Crippen LogP contribution in [0.3, 0.4) is 0 Å². The van der Waals surface area contributed by atoms with E-state index in [1.54, 1.807) is 13.2 Å². The molecule has 2 heterocycles. The first-order valence-corrected chi connectivity index (χ1v) is 7.75. The Morgan fingerprint density at radius 2 is 2.00 bits per heavy atom. The average Bonchev–Trinajstić information content (AvgIpc) is 2.62. The fourth-order valence-corrected chi connectivity index (χ4v) is 3.08. The summed E-state index contributed by atoms with van der Waals surface area (Å²) in [6.45, 7) is 0. The zero-order valence-electron chi connectivity index (χ0n) is 12.9. The van der Waals surface area contributed by atoms with Crippen molar-refractivity contribution >= 4 is 11.0 Å². The Balaban J connectivity index is 1.71. The second-order valence-corrected chi connectivity index (χ2v) is 5.60. The summed E-state index contributed by atoms with van der Waals surface area (Å²) in [5, 5.41) is 0.802. The fourth-order valence-electron chi connectivity index (χ4n) is 3.08. The second kappa shape index (κ2) is 5.83. The van der Waals surface area contributed by atoms with Gasteiger partial charge < -0.3 is 9.47 Å². The number of rotatable bonds is 3. The molecule has 5 heteroatoms. The summed E-state index contributed by atoms with van der Waals surface area (Å²) in [5.74, 6) is 1.11. The summed E-state index contributed by atoms with van der Waals surface area (Å²) in [4.78, 5) is 12.9. The molecule has 0 bridgehead atoms. The lowest BCUT2D eigenvalue weighted by molar-refractivity contribution is 0.178. The Morgan fingerprint density at radius 3 is 2.91 bits per heavy atom. The van der Waals surface area contributed by atoms with Crippen molar-refractivity contribution in [1.82, 2.24) is 15.0 Å². The van der Waals surface area contributed by atoms with E-state index in [0.717, 1.165) is 24.6 Å². The van der Waals surface area contributed by atoms with Gasteiger partial charge in [-0.2, -0.15) is 4.98 Å². The van der Waals surface area contributed by atoms with Crippen molar-refractivity contribution < 1.29 is 9.47 Å². The molecular formula is C18H17N3O2. The normalized spacial score (nSPS) is 16.8. The highest BCUT2D eigenvalue weighted by atomic mass is 16.5. The molecule has 0 aliphatic heterocycles. The Morgan fingerprint density at radius 1 is 1.09 bits per heavy atom. The number of aryl methyl sites for hydroxylation is 1. The van der Waals surface area contributed by atoms with Gasteiger partial charge in [-0.25, -0.2) is 9.97 Å². The smallest absolute Gasteiger partial charge is 0.226 e. The number of benzene rings is 1. The number of pyridine rings is 1. The molecule has 3 aromatic rings. The SMILES string of the molecule is COc1ccc2c(OC3CCCc4ccccc43)ncnc2n1. The highest BCUT2D eigenvalue weighted by Gasteiger charge is 2.22. The first kappa shape index (κ1) is 13.9. The van der Waals surface area contributed by atoms with Crippen LogP contribution in [-0.2, 0) is 6.42 Å². The molecule has 5 nitrogen and oxygen atoms in total. The zero-order valence-corrected chi connectivity index (χ0v) is 12.9. The van der Waals surface area contributed by atoms with Crippen molar-refractivity contribution in [3.63, 3.8) is 0 Å². The standard InChI is InChI=1S/C18H17N3O2/c1-22-16-10-9-14-17(21-16)19-11-20-18(14)23-15-8-4-6-12-5-2-3-7-13(12)15/h2-3,5,7,9-11,15H,4,6,8H2,1H3. The maximum atomic E-state index is 6.24. The van der Waals surface area contributed by atoms with Gasteiger partial charge in [0, 0.05) is 6.07 Å². The highest BCUT2D eigenvalue weighted by Crippen LogP contribution is 2.34. The Hall–Kier alpha value is -2.69. The minimum absolute atomic E-state index is 0.0279. The van der Waals surface area contributed by atoms with E-state index < -0.39 is 0 Å². The van der Waals surface area contributed by atoms with Gasteiger partial charge in [0.15, 0.2) is 5.65 Å². The van der Waals surface area contributed by atoms with Gasteiger partial charge >= 0.3 is 0 Å². The first-order chi connectivity index (χ1) is 11.3. The molecule has 0 fully saturated rings. The van der Waals surface area contributed by atoms with Crippen molar-refractivity contribution in [2.24, 2.45) is 0 Å². The van der Waals surface area contributed by atoms with Crippen molar-refractivity contribution in [1.29, 1.82) is 0 Å². The summed E-state index contributed by atoms with van der Waals surface area (Å²) < 4.78 is 11.4. The second-order valence-electron chi connectivity index (χ2n) is 5.60. The molecule has 23 heavy (non-hydrogen) atoms. The molecule has 1 unspecified atom stereocenters. The lowest BCUT2D eigenvalue weighted by Gasteiger charge is -2.26. The molecule has 4 rings (SSSR count). The topological polar surface area (TPSA) is 57.1 Å². The molecule has 0 spiro atoms. The average molecular weight is 307 g/mol. The molecule has 116 valence electrons. The molecule has 0 radical (unpaired) electrons. The molecule has 0 saturated heterocycles. The lowest BCUT2D eigenvalue weighted by atomic mass is 9.89. The van der Waals surface area contributed by atoms with Crippen molar-refractivity contribution in [2.45, 2.75) is 25.4 Å². The van der Waals surface area contributed by atoms with Crippen LogP contribution >= 0.6 is 0 Å². The van der Waals surface area contributed by atoms with E-state index in [-0.39, 0.29) is 6.10 Å². The van der Waals surface area contributed by atoms with Crippen LogP contribution in [0.2, 0.25) is 0 Å². The van der Waals surface area contributed by atoms with Gasteiger partial charge in [-0.3, -0.25) is 0 Å². The summed E-state index contributed by atoms with van der Waals surface area (Å²) in [7, 11) is 1.59. The van der Waals surface area contributed by atoms with E-state index in [4.69, 9.17) is 9.47 Å². The molecular weight excluding hydrogens is 290 g/mol. The van der Waals surface area contributed by atoms with Gasteiger partial charge in [-0.1, -0.05) is 24.3 Å². The zero-order chi connectivity index (χ0) is 15.6. The largest absolute Gasteiger partial charge is 0.481 e. The summed E-state index contributed by atoms with van der Waals surface area (Å²) in [6.07, 6.45) is 4.74. The van der Waals surface area contributed by atoms with Gasteiger partial charge in [0.1, 0.15) is 12.4 Å². The third-order valence-electron chi connectivity index (χ3n) is 4.21. The van der Waals surface area contributed by atoms with Crippen LogP contribution in [0.5, 0.6) is 11.8 Å². The molecule has 1 atom stereocenters. The molecule has 1 aliphatic rings. The molecule has 0 saturated carbocycles. The molecule has 1 aromatic carbocycles. The van der Waals surface area contributed by atoms with Crippen LogP contribution in [-0.4, -0.2) is 22.1 Å². The molecule has 0 amide bonds. The lowest BCUT2D eigenvalue weighted by Crippen LogP contribution is -2.15. The van der Waals surface area contributed by atoms with Crippen LogP contribution in [0, 0.1) is 0 Å². The van der Waals surface area contributed by atoms with E-state index in [9.17, 15) is 0 Å². The van der Waals surface area contributed by atoms with Crippen molar-refractivity contribution in [2.75, 3.05) is 7.11 Å². The number of nitrogens with zero attached hydrogens (tertiary/aromatic N) is 3.